The maximum atomic E-state index is 12.2. The van der Waals surface area contributed by atoms with Crippen molar-refractivity contribution in [1.82, 2.24) is 4.98 Å². The number of carbonyl (C=O) groups is 1. The first-order chi connectivity index (χ1) is 11.7. The zero-order valence-corrected chi connectivity index (χ0v) is 14.6. The molecule has 126 valence electrons. The Labute approximate surface area is 147 Å². The van der Waals surface area contributed by atoms with Crippen molar-refractivity contribution < 1.29 is 4.79 Å². The molecule has 4 nitrogen and oxygen atoms in total. The van der Waals surface area contributed by atoms with Gasteiger partial charge in [-0.1, -0.05) is 18.5 Å². The Morgan fingerprint density at radius 2 is 2.04 bits per heavy atom. The number of aromatic nitrogens is 1. The first kappa shape index (κ1) is 16.8. The van der Waals surface area contributed by atoms with Gasteiger partial charge in [0.1, 0.15) is 5.82 Å². The second-order valence-electron chi connectivity index (χ2n) is 6.11. The lowest BCUT2D eigenvalue weighted by Gasteiger charge is -2.37. The number of hydrogen-bond acceptors (Lipinski definition) is 3. The Morgan fingerprint density at radius 3 is 2.71 bits per heavy atom. The van der Waals surface area contributed by atoms with Crippen LogP contribution in [0.25, 0.3) is 0 Å². The molecule has 1 aliphatic rings. The van der Waals surface area contributed by atoms with Gasteiger partial charge in [0, 0.05) is 23.2 Å². The van der Waals surface area contributed by atoms with Gasteiger partial charge < -0.3 is 10.2 Å². The lowest BCUT2D eigenvalue weighted by Crippen LogP contribution is -2.39. The molecule has 3 rings (SSSR count). The molecule has 2 heterocycles. The van der Waals surface area contributed by atoms with Crippen LogP contribution in [0.3, 0.4) is 0 Å². The summed E-state index contributed by atoms with van der Waals surface area (Å²) in [6.07, 6.45) is 6.77. The van der Waals surface area contributed by atoms with E-state index in [1.165, 1.54) is 19.3 Å². The fourth-order valence-electron chi connectivity index (χ4n) is 3.18. The van der Waals surface area contributed by atoms with Crippen molar-refractivity contribution >= 4 is 29.0 Å². The molecule has 0 bridgehead atoms. The van der Waals surface area contributed by atoms with Crippen LogP contribution in [0.15, 0.2) is 42.6 Å². The molecule has 0 aliphatic carbocycles. The molecule has 0 radical (unpaired) electrons. The van der Waals surface area contributed by atoms with Crippen molar-refractivity contribution in [1.29, 1.82) is 0 Å². The summed E-state index contributed by atoms with van der Waals surface area (Å²) in [5.74, 6) is 0.375. The van der Waals surface area contributed by atoms with Crippen molar-refractivity contribution in [2.45, 2.75) is 38.6 Å². The van der Waals surface area contributed by atoms with Gasteiger partial charge >= 0.3 is 0 Å². The van der Waals surface area contributed by atoms with Gasteiger partial charge in [0.25, 0.3) is 5.91 Å². The van der Waals surface area contributed by atoms with E-state index in [0.29, 0.717) is 22.4 Å². The SMILES string of the molecule is CCC1CCCCN1c1ccc(NC(=O)c2ccc(Cl)cc2)nc1. The fourth-order valence-corrected chi connectivity index (χ4v) is 3.31. The summed E-state index contributed by atoms with van der Waals surface area (Å²) in [7, 11) is 0. The third-order valence-corrected chi connectivity index (χ3v) is 4.78. The van der Waals surface area contributed by atoms with Crippen LogP contribution in [-0.2, 0) is 0 Å². The maximum Gasteiger partial charge on any atom is 0.256 e. The van der Waals surface area contributed by atoms with Gasteiger partial charge in [0.2, 0.25) is 0 Å². The lowest BCUT2D eigenvalue weighted by molar-refractivity contribution is 0.102. The third-order valence-electron chi connectivity index (χ3n) is 4.53. The molecular weight excluding hydrogens is 322 g/mol. The van der Waals surface area contributed by atoms with Crippen LogP contribution in [0.2, 0.25) is 5.02 Å². The smallest absolute Gasteiger partial charge is 0.256 e. The Morgan fingerprint density at radius 1 is 1.25 bits per heavy atom. The zero-order valence-electron chi connectivity index (χ0n) is 13.8. The number of nitrogens with zero attached hydrogens (tertiary/aromatic N) is 2. The topological polar surface area (TPSA) is 45.2 Å². The maximum absolute atomic E-state index is 12.2. The summed E-state index contributed by atoms with van der Waals surface area (Å²) >= 11 is 5.84. The fraction of sp³-hybridized carbons (Fsp3) is 0.368. The van der Waals surface area contributed by atoms with Crippen LogP contribution >= 0.6 is 11.6 Å². The highest BCUT2D eigenvalue weighted by atomic mass is 35.5. The summed E-state index contributed by atoms with van der Waals surface area (Å²) in [5, 5.41) is 3.43. The van der Waals surface area contributed by atoms with E-state index < -0.39 is 0 Å². The Balaban J connectivity index is 1.68. The minimum absolute atomic E-state index is 0.184. The number of piperidine rings is 1. The van der Waals surface area contributed by atoms with Crippen molar-refractivity contribution in [3.63, 3.8) is 0 Å². The summed E-state index contributed by atoms with van der Waals surface area (Å²) in [6, 6.07) is 11.3. The number of hydrogen-bond donors (Lipinski definition) is 1. The average molecular weight is 344 g/mol. The molecule has 2 aromatic rings. The molecule has 1 N–H and O–H groups in total. The number of pyridine rings is 1. The average Bonchev–Trinajstić information content (AvgIpc) is 2.63. The van der Waals surface area contributed by atoms with Gasteiger partial charge in [0.05, 0.1) is 11.9 Å². The van der Waals surface area contributed by atoms with E-state index in [1.807, 2.05) is 18.3 Å². The van der Waals surface area contributed by atoms with E-state index in [4.69, 9.17) is 11.6 Å². The van der Waals surface area contributed by atoms with Crippen LogP contribution in [-0.4, -0.2) is 23.5 Å². The van der Waals surface area contributed by atoms with E-state index in [1.54, 1.807) is 24.3 Å². The molecule has 1 saturated heterocycles. The van der Waals surface area contributed by atoms with E-state index in [-0.39, 0.29) is 5.91 Å². The minimum atomic E-state index is -0.184. The number of amides is 1. The lowest BCUT2D eigenvalue weighted by atomic mass is 9.99. The Bertz CT molecular complexity index is 685. The van der Waals surface area contributed by atoms with E-state index >= 15 is 0 Å². The molecular formula is C19H22ClN3O. The molecule has 5 heteroatoms. The van der Waals surface area contributed by atoms with Crippen molar-refractivity contribution in [3.05, 3.63) is 53.2 Å². The molecule has 24 heavy (non-hydrogen) atoms. The summed E-state index contributed by atoms with van der Waals surface area (Å²) in [6.45, 7) is 3.31. The van der Waals surface area contributed by atoms with E-state index in [2.05, 4.69) is 22.1 Å². The van der Waals surface area contributed by atoms with Gasteiger partial charge in [-0.15, -0.1) is 0 Å². The Hall–Kier alpha value is -2.07. The number of carbonyl (C=O) groups excluding carboxylic acids is 1. The van der Waals surface area contributed by atoms with Crippen LogP contribution in [0, 0.1) is 0 Å². The summed E-state index contributed by atoms with van der Waals surface area (Å²) < 4.78 is 0. The van der Waals surface area contributed by atoms with E-state index in [0.717, 1.165) is 18.7 Å². The Kier molecular flexibility index (Phi) is 5.36. The molecule has 1 amide bonds. The predicted molar refractivity (Wildman–Crippen MR) is 98.9 cm³/mol. The monoisotopic (exact) mass is 343 g/mol. The van der Waals surface area contributed by atoms with Gasteiger partial charge in [-0.05, 0) is 62.1 Å². The summed E-state index contributed by atoms with van der Waals surface area (Å²) in [4.78, 5) is 19.0. The molecule has 0 spiro atoms. The number of halogens is 1. The zero-order chi connectivity index (χ0) is 16.9. The molecule has 1 aromatic heterocycles. The highest BCUT2D eigenvalue weighted by Crippen LogP contribution is 2.26. The van der Waals surface area contributed by atoms with Gasteiger partial charge in [-0.2, -0.15) is 0 Å². The molecule has 0 saturated carbocycles. The molecule has 1 atom stereocenters. The number of rotatable bonds is 4. The molecule has 1 fully saturated rings. The van der Waals surface area contributed by atoms with Crippen LogP contribution in [0.1, 0.15) is 43.0 Å². The van der Waals surface area contributed by atoms with Gasteiger partial charge in [-0.3, -0.25) is 4.79 Å². The van der Waals surface area contributed by atoms with Crippen molar-refractivity contribution in [2.75, 3.05) is 16.8 Å². The molecule has 1 aliphatic heterocycles. The van der Waals surface area contributed by atoms with Gasteiger partial charge in [-0.25, -0.2) is 4.98 Å². The highest BCUT2D eigenvalue weighted by molar-refractivity contribution is 6.30. The largest absolute Gasteiger partial charge is 0.367 e. The minimum Gasteiger partial charge on any atom is -0.367 e. The summed E-state index contributed by atoms with van der Waals surface area (Å²) in [5.41, 5.74) is 1.69. The second-order valence-corrected chi connectivity index (χ2v) is 6.55. The van der Waals surface area contributed by atoms with Crippen LogP contribution in [0.4, 0.5) is 11.5 Å². The predicted octanol–water partition coefficient (Wildman–Crippen LogP) is 4.76. The highest BCUT2D eigenvalue weighted by Gasteiger charge is 2.21. The quantitative estimate of drug-likeness (QED) is 0.870. The first-order valence-electron chi connectivity index (χ1n) is 8.47. The normalized spacial score (nSPS) is 17.6. The van der Waals surface area contributed by atoms with Crippen LogP contribution < -0.4 is 10.2 Å². The second kappa shape index (κ2) is 7.67. The van der Waals surface area contributed by atoms with Crippen molar-refractivity contribution in [2.24, 2.45) is 0 Å². The van der Waals surface area contributed by atoms with Gasteiger partial charge in [0.15, 0.2) is 0 Å². The van der Waals surface area contributed by atoms with Crippen molar-refractivity contribution in [3.8, 4) is 0 Å². The third kappa shape index (κ3) is 3.88. The number of anilines is 2. The van der Waals surface area contributed by atoms with Crippen LogP contribution in [0.5, 0.6) is 0 Å². The standard InChI is InChI=1S/C19H22ClN3O/c1-2-16-5-3-4-12-23(16)17-10-11-18(21-13-17)22-19(24)14-6-8-15(20)9-7-14/h6-11,13,16H,2-5,12H2,1H3,(H,21,22,24). The van der Waals surface area contributed by atoms with E-state index in [9.17, 15) is 4.79 Å². The first-order valence-corrected chi connectivity index (χ1v) is 8.85. The number of benzene rings is 1. The number of nitrogens with one attached hydrogen (secondary N) is 1. The molecule has 1 unspecified atom stereocenters. The molecule has 1 aromatic carbocycles.